The molecule has 2 aliphatic rings. The first-order valence-electron chi connectivity index (χ1n) is 6.56. The molecule has 0 spiro atoms. The van der Waals surface area contributed by atoms with Crippen LogP contribution in [0.2, 0.25) is 0 Å². The minimum absolute atomic E-state index is 0.558. The van der Waals surface area contributed by atoms with Crippen molar-refractivity contribution in [2.75, 3.05) is 26.2 Å². The number of hydrogen-bond acceptors (Lipinski definition) is 5. The molecule has 3 atom stereocenters. The van der Waals surface area contributed by atoms with Gasteiger partial charge in [-0.15, -0.1) is 4.37 Å². The first-order valence-corrected chi connectivity index (χ1v) is 7.29. The van der Waals surface area contributed by atoms with E-state index in [0.717, 1.165) is 37.1 Å². The second-order valence-corrected chi connectivity index (χ2v) is 5.60. The van der Waals surface area contributed by atoms with Crippen molar-refractivity contribution < 1.29 is 4.74 Å². The van der Waals surface area contributed by atoms with Gasteiger partial charge in [-0.25, -0.2) is 0 Å². The number of piperidine rings is 1. The van der Waals surface area contributed by atoms with Crippen LogP contribution in [-0.4, -0.2) is 39.9 Å². The minimum Gasteiger partial charge on any atom is -0.476 e. The molecule has 0 saturated carbocycles. The second-order valence-electron chi connectivity index (χ2n) is 5.07. The van der Waals surface area contributed by atoms with Gasteiger partial charge in [0, 0.05) is 19.0 Å². The van der Waals surface area contributed by atoms with Gasteiger partial charge in [-0.05, 0) is 31.7 Å². The molecule has 2 aliphatic heterocycles. The molecule has 2 saturated heterocycles. The van der Waals surface area contributed by atoms with Gasteiger partial charge in [-0.3, -0.25) is 0 Å². The van der Waals surface area contributed by atoms with Gasteiger partial charge in [-0.1, -0.05) is 6.92 Å². The predicted molar refractivity (Wildman–Crippen MR) is 67.6 cm³/mol. The molecule has 3 unspecified atom stereocenters. The van der Waals surface area contributed by atoms with Crippen LogP contribution in [0.4, 0.5) is 0 Å². The molecule has 0 N–H and O–H groups in total. The van der Waals surface area contributed by atoms with Crippen molar-refractivity contribution >= 4 is 11.7 Å². The van der Waals surface area contributed by atoms with Crippen molar-refractivity contribution in [2.24, 2.45) is 5.92 Å². The van der Waals surface area contributed by atoms with Gasteiger partial charge in [-0.2, -0.15) is 4.37 Å². The van der Waals surface area contributed by atoms with Crippen LogP contribution in [0.5, 0.6) is 5.88 Å². The third-order valence-corrected chi connectivity index (χ3v) is 4.37. The number of ether oxygens (including phenoxy) is 1. The average molecular weight is 253 g/mol. The number of fused-ring (bicyclic) bond motifs is 2. The Morgan fingerprint density at radius 3 is 3.18 bits per heavy atom. The lowest BCUT2D eigenvalue weighted by Gasteiger charge is -2.21. The van der Waals surface area contributed by atoms with Gasteiger partial charge in [0.25, 0.3) is 0 Å². The number of hydrogen-bond donors (Lipinski definition) is 0. The zero-order valence-corrected chi connectivity index (χ0v) is 11.1. The summed E-state index contributed by atoms with van der Waals surface area (Å²) in [5, 5.41) is 0. The summed E-state index contributed by atoms with van der Waals surface area (Å²) in [4.78, 5) is 2.56. The summed E-state index contributed by atoms with van der Waals surface area (Å²) < 4.78 is 14.5. The predicted octanol–water partition coefficient (Wildman–Crippen LogP) is 2.14. The Balaban J connectivity index is 1.77. The molecule has 1 aromatic heterocycles. The molecule has 0 aromatic carbocycles. The van der Waals surface area contributed by atoms with Crippen LogP contribution in [0.3, 0.4) is 0 Å². The molecule has 3 rings (SSSR count). The number of aromatic nitrogens is 2. The van der Waals surface area contributed by atoms with Crippen LogP contribution in [0, 0.1) is 5.92 Å². The largest absolute Gasteiger partial charge is 0.476 e. The van der Waals surface area contributed by atoms with Gasteiger partial charge in [0.1, 0.15) is 5.69 Å². The summed E-state index contributed by atoms with van der Waals surface area (Å²) in [5.74, 6) is 2.13. The molecule has 0 radical (unpaired) electrons. The molecule has 4 nitrogen and oxygen atoms in total. The van der Waals surface area contributed by atoms with Crippen LogP contribution in [0.25, 0.3) is 0 Å². The van der Waals surface area contributed by atoms with Crippen LogP contribution in [0.1, 0.15) is 37.8 Å². The molecule has 1 aromatic rings. The lowest BCUT2D eigenvalue weighted by Crippen LogP contribution is -2.25. The van der Waals surface area contributed by atoms with Crippen LogP contribution in [-0.2, 0) is 0 Å². The molecule has 17 heavy (non-hydrogen) atoms. The van der Waals surface area contributed by atoms with Crippen LogP contribution in [0.15, 0.2) is 0 Å². The highest BCUT2D eigenvalue weighted by atomic mass is 32.1. The van der Waals surface area contributed by atoms with Gasteiger partial charge < -0.3 is 9.64 Å². The Morgan fingerprint density at radius 2 is 2.35 bits per heavy atom. The molecule has 3 heterocycles. The van der Waals surface area contributed by atoms with E-state index in [0.29, 0.717) is 5.92 Å². The summed E-state index contributed by atoms with van der Waals surface area (Å²) >= 11 is 1.29. The van der Waals surface area contributed by atoms with Gasteiger partial charge >= 0.3 is 0 Å². The summed E-state index contributed by atoms with van der Waals surface area (Å²) in [5.41, 5.74) is 1.12. The standard InChI is InChI=1S/C12H19N3OS/c1-2-6-16-12-11(13-17-14-12)10-8-15-5-3-4-9(10)7-15/h9-10H,2-8H2,1H3. The Labute approximate surface area is 106 Å². The third-order valence-electron chi connectivity index (χ3n) is 3.84. The summed E-state index contributed by atoms with van der Waals surface area (Å²) in [7, 11) is 0. The molecule has 94 valence electrons. The molecule has 2 fully saturated rings. The Kier molecular flexibility index (Phi) is 3.29. The topological polar surface area (TPSA) is 38.3 Å². The Hall–Kier alpha value is -0.680. The fourth-order valence-corrected chi connectivity index (χ4v) is 3.60. The highest BCUT2D eigenvalue weighted by Crippen LogP contribution is 2.40. The normalized spacial score (nSPS) is 31.7. The second kappa shape index (κ2) is 4.90. The molecule has 0 aliphatic carbocycles. The first-order chi connectivity index (χ1) is 8.38. The van der Waals surface area contributed by atoms with E-state index >= 15 is 0 Å². The molecule has 5 heteroatoms. The lowest BCUT2D eigenvalue weighted by atomic mass is 9.89. The molecular weight excluding hydrogens is 234 g/mol. The van der Waals surface area contributed by atoms with Crippen molar-refractivity contribution in [1.82, 2.24) is 13.6 Å². The monoisotopic (exact) mass is 253 g/mol. The molecular formula is C12H19N3OS. The van der Waals surface area contributed by atoms with E-state index in [1.807, 2.05) is 0 Å². The molecule has 2 bridgehead atoms. The quantitative estimate of drug-likeness (QED) is 0.824. The van der Waals surface area contributed by atoms with Gasteiger partial charge in [0.05, 0.1) is 18.3 Å². The van der Waals surface area contributed by atoms with E-state index < -0.39 is 0 Å². The maximum Gasteiger partial charge on any atom is 0.249 e. The average Bonchev–Trinajstić information content (AvgIpc) is 2.91. The van der Waals surface area contributed by atoms with Gasteiger partial charge in [0.2, 0.25) is 5.88 Å². The summed E-state index contributed by atoms with van der Waals surface area (Å²) in [6.07, 6.45) is 3.70. The summed E-state index contributed by atoms with van der Waals surface area (Å²) in [6, 6.07) is 0. The van der Waals surface area contributed by atoms with E-state index in [4.69, 9.17) is 4.74 Å². The Morgan fingerprint density at radius 1 is 1.41 bits per heavy atom. The zero-order chi connectivity index (χ0) is 11.7. The first kappa shape index (κ1) is 11.4. The van der Waals surface area contributed by atoms with Crippen molar-refractivity contribution in [2.45, 2.75) is 32.1 Å². The molecule has 0 amide bonds. The fourth-order valence-electron chi connectivity index (χ4n) is 3.04. The summed E-state index contributed by atoms with van der Waals surface area (Å²) in [6.45, 7) is 6.52. The highest BCUT2D eigenvalue weighted by molar-refractivity contribution is 6.99. The Bertz CT molecular complexity index is 382. The number of nitrogens with zero attached hydrogens (tertiary/aromatic N) is 3. The van der Waals surface area contributed by atoms with E-state index in [1.165, 1.54) is 37.7 Å². The SMILES string of the molecule is CCCOc1nsnc1C1CN2CCCC1C2. The van der Waals surface area contributed by atoms with E-state index in [-0.39, 0.29) is 0 Å². The van der Waals surface area contributed by atoms with Crippen molar-refractivity contribution in [3.63, 3.8) is 0 Å². The van der Waals surface area contributed by atoms with Crippen molar-refractivity contribution in [3.05, 3.63) is 5.69 Å². The number of rotatable bonds is 4. The van der Waals surface area contributed by atoms with Gasteiger partial charge in [0.15, 0.2) is 0 Å². The van der Waals surface area contributed by atoms with Crippen LogP contribution < -0.4 is 4.74 Å². The van der Waals surface area contributed by atoms with Crippen molar-refractivity contribution in [1.29, 1.82) is 0 Å². The maximum absolute atomic E-state index is 5.71. The highest BCUT2D eigenvalue weighted by Gasteiger charge is 2.39. The van der Waals surface area contributed by atoms with Crippen LogP contribution >= 0.6 is 11.7 Å². The van der Waals surface area contributed by atoms with E-state index in [9.17, 15) is 0 Å². The zero-order valence-electron chi connectivity index (χ0n) is 10.3. The van der Waals surface area contributed by atoms with E-state index in [1.54, 1.807) is 0 Å². The van der Waals surface area contributed by atoms with Crippen molar-refractivity contribution in [3.8, 4) is 5.88 Å². The smallest absolute Gasteiger partial charge is 0.249 e. The van der Waals surface area contributed by atoms with E-state index in [2.05, 4.69) is 20.6 Å². The third kappa shape index (κ3) is 2.18. The lowest BCUT2D eigenvalue weighted by molar-refractivity contribution is 0.269. The maximum atomic E-state index is 5.71. The fraction of sp³-hybridized carbons (Fsp3) is 0.833. The minimum atomic E-state index is 0.558.